The minimum atomic E-state index is 0.0686. The molecule has 0 unspecified atom stereocenters. The van der Waals surface area contributed by atoms with Crippen molar-refractivity contribution >= 4 is 17.4 Å². The van der Waals surface area contributed by atoms with Crippen LogP contribution in [0, 0.1) is 0 Å². The molecule has 0 radical (unpaired) electrons. The average molecular weight is 324 g/mol. The molecule has 0 saturated heterocycles. The third kappa shape index (κ3) is 3.03. The highest BCUT2D eigenvalue weighted by atomic mass is 16.1. The molecule has 2 aliphatic rings. The number of fused-ring (bicyclic) bond motifs is 1. The van der Waals surface area contributed by atoms with Gasteiger partial charge in [0.05, 0.1) is 12.2 Å². The number of nitrogens with zero attached hydrogens (tertiary/aromatic N) is 3. The predicted octanol–water partition coefficient (Wildman–Crippen LogP) is 3.39. The van der Waals surface area contributed by atoms with Gasteiger partial charge in [0.25, 0.3) is 0 Å². The summed E-state index contributed by atoms with van der Waals surface area (Å²) in [5, 5.41) is 7.46. The van der Waals surface area contributed by atoms with Crippen LogP contribution in [-0.2, 0) is 11.2 Å². The number of para-hydroxylation sites is 1. The first-order chi connectivity index (χ1) is 11.8. The highest BCUT2D eigenvalue weighted by Gasteiger charge is 2.21. The molecule has 2 aromatic rings. The van der Waals surface area contributed by atoms with E-state index in [1.807, 2.05) is 10.7 Å². The summed E-state index contributed by atoms with van der Waals surface area (Å²) in [4.78, 5) is 14.7. The maximum atomic E-state index is 12.4. The fraction of sp³-hybridized carbons (Fsp3) is 0.474. The largest absolute Gasteiger partial charge is 0.370 e. The topological polar surface area (TPSA) is 50.2 Å². The first-order valence-corrected chi connectivity index (χ1v) is 8.97. The van der Waals surface area contributed by atoms with Crippen molar-refractivity contribution in [1.82, 2.24) is 9.78 Å². The van der Waals surface area contributed by atoms with Crippen LogP contribution in [-0.4, -0.2) is 28.8 Å². The van der Waals surface area contributed by atoms with E-state index in [9.17, 15) is 4.79 Å². The smallest absolute Gasteiger partial charge is 0.227 e. The number of hydrogen-bond donors (Lipinski definition) is 1. The third-order valence-electron chi connectivity index (χ3n) is 5.20. The van der Waals surface area contributed by atoms with Gasteiger partial charge in [0.1, 0.15) is 5.82 Å². The summed E-state index contributed by atoms with van der Waals surface area (Å²) in [5.41, 5.74) is 2.67. The van der Waals surface area contributed by atoms with E-state index in [-0.39, 0.29) is 5.91 Å². The second-order valence-electron chi connectivity index (χ2n) is 6.76. The summed E-state index contributed by atoms with van der Waals surface area (Å²) in [7, 11) is 0. The molecule has 1 aromatic carbocycles. The maximum Gasteiger partial charge on any atom is 0.227 e. The highest BCUT2D eigenvalue weighted by Crippen LogP contribution is 2.31. The molecule has 24 heavy (non-hydrogen) atoms. The van der Waals surface area contributed by atoms with Crippen molar-refractivity contribution in [2.45, 2.75) is 44.6 Å². The number of aromatic nitrogens is 2. The number of carbonyl (C=O) groups is 1. The van der Waals surface area contributed by atoms with Crippen molar-refractivity contribution < 1.29 is 4.79 Å². The third-order valence-corrected chi connectivity index (χ3v) is 5.20. The van der Waals surface area contributed by atoms with Gasteiger partial charge in [-0.3, -0.25) is 4.79 Å². The number of anilines is 2. The molecule has 4 rings (SSSR count). The van der Waals surface area contributed by atoms with Crippen molar-refractivity contribution in [3.05, 3.63) is 42.1 Å². The summed E-state index contributed by atoms with van der Waals surface area (Å²) in [6.45, 7) is 1.77. The number of hydrogen-bond acceptors (Lipinski definition) is 3. The first kappa shape index (κ1) is 15.2. The molecular weight excluding hydrogens is 300 g/mol. The van der Waals surface area contributed by atoms with E-state index in [2.05, 4.69) is 39.6 Å². The van der Waals surface area contributed by atoms with Gasteiger partial charge in [-0.2, -0.15) is 5.10 Å². The Morgan fingerprint density at radius 2 is 2.04 bits per heavy atom. The molecule has 1 saturated carbocycles. The Morgan fingerprint density at radius 1 is 1.21 bits per heavy atom. The summed E-state index contributed by atoms with van der Waals surface area (Å²) >= 11 is 0. The predicted molar refractivity (Wildman–Crippen MR) is 95.3 cm³/mol. The number of nitrogens with one attached hydrogen (secondary N) is 1. The summed E-state index contributed by atoms with van der Waals surface area (Å²) in [5.74, 6) is 0.910. The van der Waals surface area contributed by atoms with Crippen LogP contribution in [0.15, 0.2) is 36.5 Å². The van der Waals surface area contributed by atoms with Crippen LogP contribution in [0.5, 0.6) is 0 Å². The normalized spacial score (nSPS) is 17.2. The summed E-state index contributed by atoms with van der Waals surface area (Å²) in [6, 6.07) is 10.8. The van der Waals surface area contributed by atoms with Gasteiger partial charge in [0, 0.05) is 31.3 Å². The van der Waals surface area contributed by atoms with Crippen LogP contribution >= 0.6 is 0 Å². The van der Waals surface area contributed by atoms with Crippen LogP contribution in [0.1, 0.15) is 43.7 Å². The minimum absolute atomic E-state index is 0.0686. The van der Waals surface area contributed by atoms with Gasteiger partial charge in [-0.15, -0.1) is 0 Å². The quantitative estimate of drug-likeness (QED) is 0.917. The molecule has 0 bridgehead atoms. The number of rotatable bonds is 5. The van der Waals surface area contributed by atoms with E-state index in [0.717, 1.165) is 38.2 Å². The molecule has 1 amide bonds. The Bertz CT molecular complexity index is 718. The van der Waals surface area contributed by atoms with E-state index in [0.29, 0.717) is 12.5 Å². The molecular formula is C19H24N4O. The lowest BCUT2D eigenvalue weighted by Gasteiger charge is -2.19. The lowest BCUT2D eigenvalue weighted by atomic mass is 10.2. The molecule has 5 nitrogen and oxygen atoms in total. The zero-order chi connectivity index (χ0) is 16.4. The molecule has 2 heterocycles. The maximum absolute atomic E-state index is 12.4. The fourth-order valence-corrected chi connectivity index (χ4v) is 3.93. The Kier molecular flexibility index (Phi) is 4.24. The summed E-state index contributed by atoms with van der Waals surface area (Å²) < 4.78 is 2.00. The van der Waals surface area contributed by atoms with Gasteiger partial charge in [-0.1, -0.05) is 31.0 Å². The molecule has 126 valence electrons. The summed E-state index contributed by atoms with van der Waals surface area (Å²) in [6.07, 6.45) is 8.20. The van der Waals surface area contributed by atoms with Gasteiger partial charge < -0.3 is 10.2 Å². The Labute approximate surface area is 142 Å². The van der Waals surface area contributed by atoms with Crippen molar-refractivity contribution in [3.8, 4) is 0 Å². The molecule has 1 fully saturated rings. The van der Waals surface area contributed by atoms with Crippen molar-refractivity contribution in [1.29, 1.82) is 0 Å². The van der Waals surface area contributed by atoms with Gasteiger partial charge >= 0.3 is 0 Å². The van der Waals surface area contributed by atoms with Gasteiger partial charge in [0.2, 0.25) is 5.91 Å². The number of benzene rings is 1. The van der Waals surface area contributed by atoms with Crippen molar-refractivity contribution in [3.63, 3.8) is 0 Å². The van der Waals surface area contributed by atoms with Gasteiger partial charge in [-0.25, -0.2) is 4.68 Å². The SMILES string of the molecule is O=C(CCN1CCc2ccccc21)Nc1ccnn1C1CCCC1. The second-order valence-corrected chi connectivity index (χ2v) is 6.76. The lowest BCUT2D eigenvalue weighted by Crippen LogP contribution is -2.26. The zero-order valence-electron chi connectivity index (χ0n) is 13.9. The van der Waals surface area contributed by atoms with Crippen LogP contribution < -0.4 is 10.2 Å². The molecule has 1 aliphatic carbocycles. The minimum Gasteiger partial charge on any atom is -0.370 e. The standard InChI is InChI=1S/C19H24N4O/c24-19(11-14-22-13-10-15-5-1-4-8-17(15)22)21-18-9-12-20-23(18)16-6-2-3-7-16/h1,4-5,8-9,12,16H,2-3,6-7,10-11,13-14H2,(H,21,24). The zero-order valence-corrected chi connectivity index (χ0v) is 13.9. The van der Waals surface area contributed by atoms with E-state index in [1.54, 1.807) is 6.20 Å². The van der Waals surface area contributed by atoms with Crippen LogP contribution in [0.4, 0.5) is 11.5 Å². The van der Waals surface area contributed by atoms with E-state index >= 15 is 0 Å². The van der Waals surface area contributed by atoms with Crippen LogP contribution in [0.2, 0.25) is 0 Å². The van der Waals surface area contributed by atoms with Crippen LogP contribution in [0.25, 0.3) is 0 Å². The van der Waals surface area contributed by atoms with Gasteiger partial charge in [0.15, 0.2) is 0 Å². The molecule has 5 heteroatoms. The molecule has 1 N–H and O–H groups in total. The Morgan fingerprint density at radius 3 is 2.92 bits per heavy atom. The van der Waals surface area contributed by atoms with Crippen molar-refractivity contribution in [2.75, 3.05) is 23.3 Å². The number of amides is 1. The highest BCUT2D eigenvalue weighted by molar-refractivity contribution is 5.90. The Balaban J connectivity index is 1.34. The van der Waals surface area contributed by atoms with Crippen molar-refractivity contribution in [2.24, 2.45) is 0 Å². The van der Waals surface area contributed by atoms with E-state index in [1.165, 1.54) is 24.1 Å². The molecule has 0 spiro atoms. The number of carbonyl (C=O) groups excluding carboxylic acids is 1. The van der Waals surface area contributed by atoms with Crippen LogP contribution in [0.3, 0.4) is 0 Å². The van der Waals surface area contributed by atoms with E-state index < -0.39 is 0 Å². The fourth-order valence-electron chi connectivity index (χ4n) is 3.93. The molecule has 0 atom stereocenters. The van der Waals surface area contributed by atoms with Gasteiger partial charge in [-0.05, 0) is 30.9 Å². The molecule has 1 aromatic heterocycles. The second kappa shape index (κ2) is 6.67. The monoisotopic (exact) mass is 324 g/mol. The Hall–Kier alpha value is -2.30. The average Bonchev–Trinajstić information content (AvgIpc) is 3.33. The first-order valence-electron chi connectivity index (χ1n) is 8.97. The lowest BCUT2D eigenvalue weighted by molar-refractivity contribution is -0.116. The van der Waals surface area contributed by atoms with E-state index in [4.69, 9.17) is 0 Å². The molecule has 1 aliphatic heterocycles.